The smallest absolute Gasteiger partial charge is 0.409 e. The predicted octanol–water partition coefficient (Wildman–Crippen LogP) is 2.22. The summed E-state index contributed by atoms with van der Waals surface area (Å²) >= 11 is 0. The molecule has 0 saturated carbocycles. The molecule has 1 aromatic carbocycles. The highest BCUT2D eigenvalue weighted by Crippen LogP contribution is 2.18. The van der Waals surface area contributed by atoms with Gasteiger partial charge in [0.15, 0.2) is 5.96 Å². The molecular weight excluding hydrogens is 366 g/mol. The Morgan fingerprint density at radius 2 is 1.93 bits per heavy atom. The van der Waals surface area contributed by atoms with Gasteiger partial charge in [-0.2, -0.15) is 0 Å². The van der Waals surface area contributed by atoms with Crippen molar-refractivity contribution in [1.29, 1.82) is 0 Å². The van der Waals surface area contributed by atoms with Crippen LogP contribution in [0.4, 0.5) is 4.79 Å². The molecule has 1 fully saturated rings. The van der Waals surface area contributed by atoms with Gasteiger partial charge in [-0.1, -0.05) is 24.3 Å². The van der Waals surface area contributed by atoms with Crippen LogP contribution in [0.2, 0.25) is 0 Å². The zero-order valence-electron chi connectivity index (χ0n) is 17.8. The lowest BCUT2D eigenvalue weighted by molar-refractivity contribution is 0.0963. The molecule has 0 aliphatic carbocycles. The van der Waals surface area contributed by atoms with Crippen molar-refractivity contribution in [2.24, 2.45) is 4.99 Å². The van der Waals surface area contributed by atoms with E-state index in [-0.39, 0.29) is 6.09 Å². The first-order valence-corrected chi connectivity index (χ1v) is 10.9. The summed E-state index contributed by atoms with van der Waals surface area (Å²) in [6.07, 6.45) is 2.74. The number of benzene rings is 1. The third kappa shape index (κ3) is 6.35. The molecule has 0 aromatic heterocycles. The summed E-state index contributed by atoms with van der Waals surface area (Å²) in [5.41, 5.74) is 2.93. The van der Waals surface area contributed by atoms with E-state index in [1.54, 1.807) is 4.90 Å². The Kier molecular flexibility index (Phi) is 8.16. The molecule has 7 heteroatoms. The Morgan fingerprint density at radius 3 is 2.66 bits per heavy atom. The molecule has 2 heterocycles. The van der Waals surface area contributed by atoms with Crippen molar-refractivity contribution in [2.45, 2.75) is 45.7 Å². The lowest BCUT2D eigenvalue weighted by Crippen LogP contribution is -2.50. The third-order valence-corrected chi connectivity index (χ3v) is 5.60. The molecule has 2 N–H and O–H groups in total. The number of amides is 1. The number of piperidine rings is 1. The van der Waals surface area contributed by atoms with Crippen molar-refractivity contribution in [3.05, 3.63) is 35.4 Å². The van der Waals surface area contributed by atoms with Crippen molar-refractivity contribution in [3.63, 3.8) is 0 Å². The van der Waals surface area contributed by atoms with Gasteiger partial charge in [0.1, 0.15) is 0 Å². The van der Waals surface area contributed by atoms with Crippen LogP contribution in [0.1, 0.15) is 37.8 Å². The van der Waals surface area contributed by atoms with Crippen LogP contribution < -0.4 is 10.6 Å². The van der Waals surface area contributed by atoms with Crippen LogP contribution in [0.5, 0.6) is 0 Å². The summed E-state index contributed by atoms with van der Waals surface area (Å²) in [5.74, 6) is 0.875. The Bertz CT molecular complexity index is 686. The molecule has 1 amide bonds. The van der Waals surface area contributed by atoms with E-state index >= 15 is 0 Å². The molecule has 29 heavy (non-hydrogen) atoms. The molecule has 1 saturated heterocycles. The zero-order valence-corrected chi connectivity index (χ0v) is 17.8. The number of nitrogens with one attached hydrogen (secondary N) is 2. The van der Waals surface area contributed by atoms with Gasteiger partial charge in [0, 0.05) is 45.3 Å². The first-order chi connectivity index (χ1) is 14.2. The minimum absolute atomic E-state index is 0.199. The summed E-state index contributed by atoms with van der Waals surface area (Å²) in [5, 5.41) is 6.90. The maximum Gasteiger partial charge on any atom is 0.409 e. The van der Waals surface area contributed by atoms with Crippen LogP contribution in [0.3, 0.4) is 0 Å². The van der Waals surface area contributed by atoms with E-state index in [2.05, 4.69) is 46.7 Å². The fourth-order valence-electron chi connectivity index (χ4n) is 3.98. The number of hydrogen-bond acceptors (Lipinski definition) is 4. The minimum atomic E-state index is -0.199. The maximum absolute atomic E-state index is 11.8. The molecule has 7 nitrogen and oxygen atoms in total. The average molecular weight is 402 g/mol. The molecule has 3 rings (SSSR count). The maximum atomic E-state index is 11.8. The molecule has 160 valence electrons. The monoisotopic (exact) mass is 401 g/mol. The zero-order chi connectivity index (χ0) is 20.5. The summed E-state index contributed by atoms with van der Waals surface area (Å²) in [6, 6.07) is 9.07. The second-order valence-electron chi connectivity index (χ2n) is 7.66. The van der Waals surface area contributed by atoms with Gasteiger partial charge in [0.05, 0.1) is 13.2 Å². The van der Waals surface area contributed by atoms with Crippen molar-refractivity contribution in [3.8, 4) is 0 Å². The fraction of sp³-hybridized carbons (Fsp3) is 0.636. The van der Waals surface area contributed by atoms with Gasteiger partial charge < -0.3 is 20.3 Å². The third-order valence-electron chi connectivity index (χ3n) is 5.60. The SMILES string of the molecule is CCNC(=NCCN1CCc2ccccc2C1)NC1CCN(C(=O)OCC)CC1. The molecule has 2 aliphatic heterocycles. The number of carbonyl (C=O) groups is 1. The van der Waals surface area contributed by atoms with Crippen LogP contribution in [0.15, 0.2) is 29.3 Å². The van der Waals surface area contributed by atoms with Gasteiger partial charge in [-0.15, -0.1) is 0 Å². The number of fused-ring (bicyclic) bond motifs is 1. The standard InChI is InChI=1S/C22H35N5O2/c1-3-23-21(25-20-10-14-27(15-11-20)22(28)29-4-2)24-12-16-26-13-9-18-7-5-6-8-19(18)17-26/h5-8,20H,3-4,9-17H2,1-2H3,(H2,23,24,25). The first-order valence-electron chi connectivity index (χ1n) is 10.9. The molecule has 0 radical (unpaired) electrons. The van der Waals surface area contributed by atoms with Gasteiger partial charge in [-0.3, -0.25) is 9.89 Å². The Hall–Kier alpha value is -2.28. The lowest BCUT2D eigenvalue weighted by Gasteiger charge is -2.32. The van der Waals surface area contributed by atoms with Gasteiger partial charge >= 0.3 is 6.09 Å². The van der Waals surface area contributed by atoms with Gasteiger partial charge in [-0.05, 0) is 44.2 Å². The van der Waals surface area contributed by atoms with Crippen LogP contribution in [-0.2, 0) is 17.7 Å². The molecule has 0 bridgehead atoms. The van der Waals surface area contributed by atoms with Gasteiger partial charge in [0.25, 0.3) is 0 Å². The van der Waals surface area contributed by atoms with Gasteiger partial charge in [-0.25, -0.2) is 4.79 Å². The van der Waals surface area contributed by atoms with E-state index in [4.69, 9.17) is 9.73 Å². The number of ether oxygens (including phenoxy) is 1. The van der Waals surface area contributed by atoms with E-state index < -0.39 is 0 Å². The molecule has 2 aliphatic rings. The van der Waals surface area contributed by atoms with Crippen molar-refractivity contribution >= 4 is 12.1 Å². The highest BCUT2D eigenvalue weighted by atomic mass is 16.6. The van der Waals surface area contributed by atoms with E-state index in [1.165, 1.54) is 11.1 Å². The second kappa shape index (κ2) is 11.0. The summed E-state index contributed by atoms with van der Waals surface area (Å²) in [4.78, 5) is 20.9. The van der Waals surface area contributed by atoms with Crippen LogP contribution in [0.25, 0.3) is 0 Å². The topological polar surface area (TPSA) is 69.2 Å². The van der Waals surface area contributed by atoms with Gasteiger partial charge in [0.2, 0.25) is 0 Å². The summed E-state index contributed by atoms with van der Waals surface area (Å²) in [7, 11) is 0. The molecular formula is C22H35N5O2. The van der Waals surface area contributed by atoms with E-state index in [0.29, 0.717) is 12.6 Å². The van der Waals surface area contributed by atoms with Crippen molar-refractivity contribution < 1.29 is 9.53 Å². The van der Waals surface area contributed by atoms with Crippen LogP contribution >= 0.6 is 0 Å². The Labute approximate surface area is 174 Å². The van der Waals surface area contributed by atoms with E-state index in [9.17, 15) is 4.79 Å². The molecule has 0 spiro atoms. The lowest BCUT2D eigenvalue weighted by atomic mass is 10.00. The largest absolute Gasteiger partial charge is 0.450 e. The highest BCUT2D eigenvalue weighted by molar-refractivity contribution is 5.80. The predicted molar refractivity (Wildman–Crippen MR) is 116 cm³/mol. The number of nitrogens with zero attached hydrogens (tertiary/aromatic N) is 3. The number of rotatable bonds is 6. The number of carbonyl (C=O) groups excluding carboxylic acids is 1. The molecule has 0 atom stereocenters. The van der Waals surface area contributed by atoms with E-state index in [0.717, 1.165) is 71.0 Å². The van der Waals surface area contributed by atoms with Crippen LogP contribution in [-0.4, -0.2) is 73.8 Å². The van der Waals surface area contributed by atoms with Crippen molar-refractivity contribution in [2.75, 3.05) is 45.9 Å². The second-order valence-corrected chi connectivity index (χ2v) is 7.66. The number of aliphatic imine (C=N–C) groups is 1. The first kappa shape index (κ1) is 21.4. The Morgan fingerprint density at radius 1 is 1.17 bits per heavy atom. The van der Waals surface area contributed by atoms with Crippen molar-refractivity contribution in [1.82, 2.24) is 20.4 Å². The average Bonchev–Trinajstić information content (AvgIpc) is 2.74. The highest BCUT2D eigenvalue weighted by Gasteiger charge is 2.24. The molecule has 1 aromatic rings. The minimum Gasteiger partial charge on any atom is -0.450 e. The number of likely N-dealkylation sites (tertiary alicyclic amines) is 1. The normalized spacial score (nSPS) is 18.3. The molecule has 0 unspecified atom stereocenters. The Balaban J connectivity index is 1.44. The quantitative estimate of drug-likeness (QED) is 0.565. The van der Waals surface area contributed by atoms with E-state index in [1.807, 2.05) is 6.92 Å². The number of guanidine groups is 1. The number of hydrogen-bond donors (Lipinski definition) is 2. The summed E-state index contributed by atoms with van der Waals surface area (Å²) < 4.78 is 5.09. The summed E-state index contributed by atoms with van der Waals surface area (Å²) in [6.45, 7) is 10.5. The fourth-order valence-corrected chi connectivity index (χ4v) is 3.98. The van der Waals surface area contributed by atoms with Crippen LogP contribution in [0, 0.1) is 0 Å².